The minimum absolute atomic E-state index is 0.0730. The Balaban J connectivity index is 2.57. The van der Waals surface area contributed by atoms with Crippen LogP contribution in [-0.4, -0.2) is 13.2 Å². The second-order valence-electron chi connectivity index (χ2n) is 4.13. The molecule has 0 spiro atoms. The molecule has 0 aliphatic heterocycles. The van der Waals surface area contributed by atoms with Crippen molar-refractivity contribution in [2.24, 2.45) is 0 Å². The van der Waals surface area contributed by atoms with E-state index in [0.29, 0.717) is 5.69 Å². The van der Waals surface area contributed by atoms with Gasteiger partial charge in [0, 0.05) is 12.2 Å². The van der Waals surface area contributed by atoms with Crippen LogP contribution in [0.5, 0.6) is 5.75 Å². The molecule has 0 amide bonds. The first-order chi connectivity index (χ1) is 9.04. The second-order valence-corrected chi connectivity index (χ2v) is 4.95. The Labute approximate surface area is 122 Å². The summed E-state index contributed by atoms with van der Waals surface area (Å²) in [7, 11) is 0. The molecule has 0 heterocycles. The van der Waals surface area contributed by atoms with Crippen LogP contribution in [0.15, 0.2) is 12.1 Å². The van der Waals surface area contributed by atoms with Crippen molar-refractivity contribution < 1.29 is 13.5 Å². The molecule has 108 valence electrons. The van der Waals surface area contributed by atoms with Gasteiger partial charge in [-0.3, -0.25) is 0 Å². The highest BCUT2D eigenvalue weighted by Gasteiger charge is 2.14. The molecule has 1 aromatic carbocycles. The van der Waals surface area contributed by atoms with Crippen molar-refractivity contribution >= 4 is 28.9 Å². The summed E-state index contributed by atoms with van der Waals surface area (Å²) in [5.41, 5.74) is 0.702. The molecule has 0 saturated heterocycles. The Morgan fingerprint density at radius 1 is 1.16 bits per heavy atom. The Hall–Kier alpha value is -0.740. The minimum atomic E-state index is -2.94. The van der Waals surface area contributed by atoms with Crippen molar-refractivity contribution in [1.29, 1.82) is 0 Å². The van der Waals surface area contributed by atoms with E-state index in [1.165, 1.54) is 25.0 Å². The van der Waals surface area contributed by atoms with Crippen LogP contribution in [0.4, 0.5) is 14.5 Å². The molecule has 0 unspecified atom stereocenters. The monoisotopic (exact) mass is 311 g/mol. The molecular weight excluding hydrogens is 295 g/mol. The van der Waals surface area contributed by atoms with E-state index in [4.69, 9.17) is 23.2 Å². The zero-order chi connectivity index (χ0) is 14.3. The number of anilines is 1. The molecule has 0 saturated carbocycles. The number of nitrogens with one attached hydrogen (secondary N) is 1. The zero-order valence-corrected chi connectivity index (χ0v) is 12.2. The van der Waals surface area contributed by atoms with Gasteiger partial charge in [0.05, 0.1) is 10.0 Å². The van der Waals surface area contributed by atoms with Gasteiger partial charge in [0.25, 0.3) is 0 Å². The van der Waals surface area contributed by atoms with Crippen molar-refractivity contribution in [2.45, 2.75) is 39.2 Å². The van der Waals surface area contributed by atoms with Crippen LogP contribution in [0.1, 0.15) is 32.6 Å². The number of rotatable bonds is 8. The molecule has 0 bridgehead atoms. The maximum atomic E-state index is 12.1. The van der Waals surface area contributed by atoms with Gasteiger partial charge in [-0.2, -0.15) is 8.78 Å². The smallest absolute Gasteiger partial charge is 0.387 e. The predicted molar refractivity (Wildman–Crippen MR) is 75.7 cm³/mol. The Morgan fingerprint density at radius 2 is 1.79 bits per heavy atom. The third-order valence-corrected chi connectivity index (χ3v) is 3.13. The lowest BCUT2D eigenvalue weighted by molar-refractivity contribution is -0.0497. The van der Waals surface area contributed by atoms with Gasteiger partial charge in [0.2, 0.25) is 0 Å². The van der Waals surface area contributed by atoms with E-state index in [1.807, 2.05) is 0 Å². The fourth-order valence-corrected chi connectivity index (χ4v) is 2.22. The van der Waals surface area contributed by atoms with Gasteiger partial charge >= 0.3 is 6.61 Å². The lowest BCUT2D eigenvalue weighted by Crippen LogP contribution is -2.05. The largest absolute Gasteiger partial charge is 0.432 e. The molecule has 1 N–H and O–H groups in total. The molecule has 19 heavy (non-hydrogen) atoms. The van der Waals surface area contributed by atoms with Crippen LogP contribution in [0.25, 0.3) is 0 Å². The highest BCUT2D eigenvalue weighted by Crippen LogP contribution is 2.36. The summed E-state index contributed by atoms with van der Waals surface area (Å²) in [6, 6.07) is 3.07. The first kappa shape index (κ1) is 16.3. The number of hydrogen-bond donors (Lipinski definition) is 1. The Bertz CT molecular complexity index is 379. The van der Waals surface area contributed by atoms with Gasteiger partial charge in [-0.25, -0.2) is 0 Å². The summed E-state index contributed by atoms with van der Waals surface area (Å²) < 4.78 is 28.6. The summed E-state index contributed by atoms with van der Waals surface area (Å²) in [6.45, 7) is -0.000911. The maximum Gasteiger partial charge on any atom is 0.387 e. The van der Waals surface area contributed by atoms with Gasteiger partial charge in [-0.1, -0.05) is 49.4 Å². The Morgan fingerprint density at radius 3 is 2.32 bits per heavy atom. The van der Waals surface area contributed by atoms with Crippen LogP contribution < -0.4 is 10.1 Å². The highest BCUT2D eigenvalue weighted by molar-refractivity contribution is 6.37. The summed E-state index contributed by atoms with van der Waals surface area (Å²) in [5, 5.41) is 3.30. The molecule has 0 aliphatic carbocycles. The van der Waals surface area contributed by atoms with Crippen LogP contribution in [0, 0.1) is 0 Å². The first-order valence-electron chi connectivity index (χ1n) is 6.22. The fraction of sp³-hybridized carbons (Fsp3) is 0.538. The third kappa shape index (κ3) is 5.83. The SMILES string of the molecule is CCCCCCNc1cc(Cl)c(OC(F)F)c(Cl)c1. The summed E-state index contributed by atoms with van der Waals surface area (Å²) >= 11 is 11.7. The summed E-state index contributed by atoms with van der Waals surface area (Å²) in [6.07, 6.45) is 4.57. The molecule has 2 nitrogen and oxygen atoms in total. The van der Waals surface area contributed by atoms with Gasteiger partial charge in [-0.15, -0.1) is 0 Å². The van der Waals surface area contributed by atoms with E-state index >= 15 is 0 Å². The number of alkyl halides is 2. The molecule has 0 fully saturated rings. The quantitative estimate of drug-likeness (QED) is 0.632. The van der Waals surface area contributed by atoms with Crippen molar-refractivity contribution in [3.05, 3.63) is 22.2 Å². The number of hydrogen-bond acceptors (Lipinski definition) is 2. The van der Waals surface area contributed by atoms with Crippen LogP contribution >= 0.6 is 23.2 Å². The van der Waals surface area contributed by atoms with E-state index in [9.17, 15) is 8.78 Å². The van der Waals surface area contributed by atoms with Gasteiger partial charge < -0.3 is 10.1 Å². The number of halogens is 4. The number of unbranched alkanes of at least 4 members (excludes halogenated alkanes) is 3. The fourth-order valence-electron chi connectivity index (χ4n) is 1.65. The van der Waals surface area contributed by atoms with Crippen LogP contribution in [0.2, 0.25) is 10.0 Å². The molecule has 0 aliphatic rings. The number of benzene rings is 1. The van der Waals surface area contributed by atoms with Crippen molar-refractivity contribution in [3.63, 3.8) is 0 Å². The van der Waals surface area contributed by atoms with Crippen molar-refractivity contribution in [2.75, 3.05) is 11.9 Å². The molecule has 1 rings (SSSR count). The molecule has 0 aromatic heterocycles. The highest BCUT2D eigenvalue weighted by atomic mass is 35.5. The van der Waals surface area contributed by atoms with Crippen molar-refractivity contribution in [1.82, 2.24) is 0 Å². The van der Waals surface area contributed by atoms with E-state index in [-0.39, 0.29) is 15.8 Å². The van der Waals surface area contributed by atoms with Gasteiger partial charge in [-0.05, 0) is 18.6 Å². The molecule has 0 atom stereocenters. The van der Waals surface area contributed by atoms with Crippen LogP contribution in [-0.2, 0) is 0 Å². The van der Waals surface area contributed by atoms with E-state index in [2.05, 4.69) is 17.0 Å². The number of ether oxygens (including phenoxy) is 1. The zero-order valence-electron chi connectivity index (χ0n) is 10.7. The third-order valence-electron chi connectivity index (χ3n) is 2.56. The molecular formula is C13H17Cl2F2NO. The average Bonchev–Trinajstić information content (AvgIpc) is 2.33. The molecule has 1 aromatic rings. The predicted octanol–water partition coefficient (Wildman–Crippen LogP) is 5.59. The molecule has 0 radical (unpaired) electrons. The topological polar surface area (TPSA) is 21.3 Å². The van der Waals surface area contributed by atoms with Crippen LogP contribution in [0.3, 0.4) is 0 Å². The van der Waals surface area contributed by atoms with E-state index in [1.54, 1.807) is 0 Å². The average molecular weight is 312 g/mol. The lowest BCUT2D eigenvalue weighted by Gasteiger charge is -2.12. The Kier molecular flexibility index (Phi) is 7.24. The summed E-state index contributed by atoms with van der Waals surface area (Å²) in [5.74, 6) is -0.185. The lowest BCUT2D eigenvalue weighted by atomic mass is 10.2. The summed E-state index contributed by atoms with van der Waals surface area (Å²) in [4.78, 5) is 0. The minimum Gasteiger partial charge on any atom is -0.432 e. The first-order valence-corrected chi connectivity index (χ1v) is 6.98. The van der Waals surface area contributed by atoms with Gasteiger partial charge in [0.1, 0.15) is 0 Å². The van der Waals surface area contributed by atoms with Crippen molar-refractivity contribution in [3.8, 4) is 5.75 Å². The van der Waals surface area contributed by atoms with Gasteiger partial charge in [0.15, 0.2) is 5.75 Å². The van der Waals surface area contributed by atoms with E-state index in [0.717, 1.165) is 19.4 Å². The maximum absolute atomic E-state index is 12.1. The molecule has 6 heteroatoms. The normalized spacial score (nSPS) is 10.8. The van der Waals surface area contributed by atoms with E-state index < -0.39 is 6.61 Å². The standard InChI is InChI=1S/C13H17Cl2F2NO/c1-2-3-4-5-6-18-9-7-10(14)12(11(15)8-9)19-13(16)17/h7-8,13,18H,2-6H2,1H3. The second kappa shape index (κ2) is 8.43.